The van der Waals surface area contributed by atoms with Gasteiger partial charge in [-0.2, -0.15) is 5.10 Å². The number of amides is 1. The fourth-order valence-corrected chi connectivity index (χ4v) is 3.87. The van der Waals surface area contributed by atoms with Crippen LogP contribution in [0, 0.1) is 27.7 Å². The molecule has 0 aliphatic rings. The fraction of sp³-hybridized carbons (Fsp3) is 0.333. The van der Waals surface area contributed by atoms with Gasteiger partial charge in [-0.15, -0.1) is 11.3 Å². The third-order valence-electron chi connectivity index (χ3n) is 4.63. The monoisotopic (exact) mass is 412 g/mol. The Kier molecular flexibility index (Phi) is 6.12. The van der Waals surface area contributed by atoms with Crippen LogP contribution in [0.3, 0.4) is 0 Å². The molecular weight excluding hydrogens is 388 g/mol. The summed E-state index contributed by atoms with van der Waals surface area (Å²) in [6, 6.07) is 7.73. The first-order valence-electron chi connectivity index (χ1n) is 9.24. The summed E-state index contributed by atoms with van der Waals surface area (Å²) in [5.41, 5.74) is 5.29. The molecule has 0 spiro atoms. The van der Waals surface area contributed by atoms with Gasteiger partial charge in [0, 0.05) is 18.0 Å². The van der Waals surface area contributed by atoms with Gasteiger partial charge in [0.15, 0.2) is 5.13 Å². The predicted octanol–water partition coefficient (Wildman–Crippen LogP) is 4.00. The predicted molar refractivity (Wildman–Crippen MR) is 112 cm³/mol. The van der Waals surface area contributed by atoms with Crippen LogP contribution in [0.4, 0.5) is 10.8 Å². The molecule has 152 valence electrons. The molecule has 0 aliphatic carbocycles. The highest BCUT2D eigenvalue weighted by molar-refractivity contribution is 7.14. The van der Waals surface area contributed by atoms with Crippen molar-refractivity contribution in [3.05, 3.63) is 57.9 Å². The summed E-state index contributed by atoms with van der Waals surface area (Å²) in [7, 11) is 0. The van der Waals surface area contributed by atoms with E-state index < -0.39 is 0 Å². The van der Waals surface area contributed by atoms with Crippen LogP contribution in [0.25, 0.3) is 0 Å². The van der Waals surface area contributed by atoms with Gasteiger partial charge in [0.2, 0.25) is 5.91 Å². The van der Waals surface area contributed by atoms with Gasteiger partial charge in [0.1, 0.15) is 13.2 Å². The Bertz CT molecular complexity index is 1050. The summed E-state index contributed by atoms with van der Waals surface area (Å²) in [5, 5.41) is 6.61. The Morgan fingerprint density at radius 3 is 2.62 bits per heavy atom. The van der Waals surface area contributed by atoms with Crippen LogP contribution in [0.1, 0.15) is 35.1 Å². The third kappa shape index (κ3) is 4.71. The molecule has 0 unspecified atom stereocenters. The third-order valence-corrected chi connectivity index (χ3v) is 5.50. The molecule has 1 amide bonds. The van der Waals surface area contributed by atoms with Crippen LogP contribution in [0.5, 0.6) is 0 Å². The van der Waals surface area contributed by atoms with Crippen molar-refractivity contribution in [1.82, 2.24) is 14.8 Å². The van der Waals surface area contributed by atoms with E-state index in [9.17, 15) is 9.59 Å². The molecule has 3 aromatic rings. The Labute approximate surface area is 173 Å². The number of esters is 1. The molecule has 2 heterocycles. The van der Waals surface area contributed by atoms with E-state index in [2.05, 4.69) is 10.1 Å². The molecule has 29 heavy (non-hydrogen) atoms. The van der Waals surface area contributed by atoms with E-state index in [4.69, 9.17) is 4.74 Å². The molecule has 0 saturated carbocycles. The van der Waals surface area contributed by atoms with Gasteiger partial charge in [0.05, 0.1) is 17.1 Å². The second-order valence-corrected chi connectivity index (χ2v) is 7.78. The first-order chi connectivity index (χ1) is 13.8. The van der Waals surface area contributed by atoms with Gasteiger partial charge in [-0.1, -0.05) is 12.1 Å². The average Bonchev–Trinajstić information content (AvgIpc) is 3.23. The van der Waals surface area contributed by atoms with Crippen LogP contribution >= 0.6 is 11.3 Å². The average molecular weight is 413 g/mol. The molecule has 0 aliphatic heterocycles. The molecule has 1 aromatic carbocycles. The molecule has 0 atom stereocenters. The Hall–Kier alpha value is -3.00. The van der Waals surface area contributed by atoms with E-state index in [1.807, 2.05) is 52.0 Å². The number of anilines is 2. The van der Waals surface area contributed by atoms with Crippen molar-refractivity contribution >= 4 is 34.0 Å². The van der Waals surface area contributed by atoms with Crippen LogP contribution in [-0.4, -0.2) is 26.6 Å². The number of aryl methyl sites for hydroxylation is 3. The van der Waals surface area contributed by atoms with Crippen LogP contribution in [0.2, 0.25) is 0 Å². The van der Waals surface area contributed by atoms with Crippen molar-refractivity contribution in [3.8, 4) is 0 Å². The number of hydrogen-bond acceptors (Lipinski definition) is 6. The number of thiazole rings is 1. The van der Waals surface area contributed by atoms with E-state index in [-0.39, 0.29) is 25.0 Å². The maximum Gasteiger partial charge on any atom is 0.328 e. The van der Waals surface area contributed by atoms with Gasteiger partial charge in [-0.25, -0.2) is 4.98 Å². The summed E-state index contributed by atoms with van der Waals surface area (Å²) in [6.07, 6.45) is 0. The summed E-state index contributed by atoms with van der Waals surface area (Å²) in [4.78, 5) is 30.5. The standard InChI is InChI=1S/C21H24N4O3S/c1-13-7-6-8-19(16(13)4)25(17(5)26)21-22-18(12-29-21)11-28-20(27)10-24-15(3)9-14(2)23-24/h6-9,12H,10-11H2,1-5H3. The minimum Gasteiger partial charge on any atom is -0.458 e. The van der Waals surface area contributed by atoms with E-state index >= 15 is 0 Å². The Balaban J connectivity index is 1.70. The van der Waals surface area contributed by atoms with Gasteiger partial charge in [0.25, 0.3) is 0 Å². The molecule has 0 fully saturated rings. The molecule has 2 aromatic heterocycles. The van der Waals surface area contributed by atoms with E-state index in [1.165, 1.54) is 18.3 Å². The summed E-state index contributed by atoms with van der Waals surface area (Å²) in [6.45, 7) is 9.37. The molecule has 7 nitrogen and oxygen atoms in total. The number of hydrogen-bond donors (Lipinski definition) is 0. The molecule has 0 bridgehead atoms. The normalized spacial score (nSPS) is 10.8. The van der Waals surface area contributed by atoms with Crippen molar-refractivity contribution in [3.63, 3.8) is 0 Å². The quantitative estimate of drug-likeness (QED) is 0.572. The zero-order valence-electron chi connectivity index (χ0n) is 17.2. The largest absolute Gasteiger partial charge is 0.458 e. The summed E-state index contributed by atoms with van der Waals surface area (Å²) in [5.74, 6) is -0.509. The summed E-state index contributed by atoms with van der Waals surface area (Å²) >= 11 is 1.34. The van der Waals surface area contributed by atoms with Crippen molar-refractivity contribution in [2.45, 2.75) is 47.8 Å². The van der Waals surface area contributed by atoms with Crippen LogP contribution < -0.4 is 4.90 Å². The number of carbonyl (C=O) groups is 2. The molecular formula is C21H24N4O3S. The Morgan fingerprint density at radius 2 is 1.97 bits per heavy atom. The number of benzene rings is 1. The highest BCUT2D eigenvalue weighted by Gasteiger charge is 2.20. The zero-order chi connectivity index (χ0) is 21.1. The minimum absolute atomic E-state index is 0.0488. The maximum atomic E-state index is 12.3. The van der Waals surface area contributed by atoms with E-state index in [0.717, 1.165) is 28.2 Å². The number of carbonyl (C=O) groups excluding carboxylic acids is 2. The highest BCUT2D eigenvalue weighted by Crippen LogP contribution is 2.32. The van der Waals surface area contributed by atoms with Gasteiger partial charge in [-0.05, 0) is 51.0 Å². The van der Waals surface area contributed by atoms with Gasteiger partial charge < -0.3 is 4.74 Å². The zero-order valence-corrected chi connectivity index (χ0v) is 18.0. The summed E-state index contributed by atoms with van der Waals surface area (Å²) < 4.78 is 6.95. The van der Waals surface area contributed by atoms with E-state index in [1.54, 1.807) is 15.0 Å². The molecule has 0 radical (unpaired) electrons. The van der Waals surface area contributed by atoms with Crippen molar-refractivity contribution in [2.24, 2.45) is 0 Å². The highest BCUT2D eigenvalue weighted by atomic mass is 32.1. The van der Waals surface area contributed by atoms with Crippen LogP contribution in [-0.2, 0) is 27.5 Å². The van der Waals surface area contributed by atoms with E-state index in [0.29, 0.717) is 10.8 Å². The lowest BCUT2D eigenvalue weighted by Crippen LogP contribution is -2.23. The van der Waals surface area contributed by atoms with Crippen molar-refractivity contribution < 1.29 is 14.3 Å². The number of rotatable bonds is 6. The van der Waals surface area contributed by atoms with Gasteiger partial charge in [-0.3, -0.25) is 19.2 Å². The number of ether oxygens (including phenoxy) is 1. The smallest absolute Gasteiger partial charge is 0.328 e. The first kappa shape index (κ1) is 20.7. The van der Waals surface area contributed by atoms with Crippen molar-refractivity contribution in [1.29, 1.82) is 0 Å². The number of nitrogens with zero attached hydrogens (tertiary/aromatic N) is 4. The van der Waals surface area contributed by atoms with Crippen LogP contribution in [0.15, 0.2) is 29.6 Å². The lowest BCUT2D eigenvalue weighted by molar-refractivity contribution is -0.146. The fourth-order valence-electron chi connectivity index (χ4n) is 3.01. The number of aromatic nitrogens is 3. The minimum atomic E-state index is -0.385. The Morgan fingerprint density at radius 1 is 1.21 bits per heavy atom. The maximum absolute atomic E-state index is 12.3. The molecule has 0 N–H and O–H groups in total. The second-order valence-electron chi connectivity index (χ2n) is 6.94. The molecule has 0 saturated heterocycles. The topological polar surface area (TPSA) is 77.3 Å². The SMILES string of the molecule is CC(=O)N(c1nc(COC(=O)Cn2nc(C)cc2C)cs1)c1cccc(C)c1C. The first-order valence-corrected chi connectivity index (χ1v) is 10.1. The van der Waals surface area contributed by atoms with Crippen molar-refractivity contribution in [2.75, 3.05) is 4.90 Å². The lowest BCUT2D eigenvalue weighted by Gasteiger charge is -2.21. The molecule has 8 heteroatoms. The lowest BCUT2D eigenvalue weighted by atomic mass is 10.1. The second kappa shape index (κ2) is 8.57. The van der Waals surface area contributed by atoms with Gasteiger partial charge >= 0.3 is 5.97 Å². The molecule has 3 rings (SSSR count).